The van der Waals surface area contributed by atoms with Crippen molar-refractivity contribution >= 4 is 28.2 Å². The summed E-state index contributed by atoms with van der Waals surface area (Å²) in [6.07, 6.45) is 18.1. The summed E-state index contributed by atoms with van der Waals surface area (Å²) >= 11 is 2.30. The maximum atomic E-state index is 4.26. The number of nitrogens with zero attached hydrogens (tertiary/aromatic N) is 3. The van der Waals surface area contributed by atoms with E-state index in [2.05, 4.69) is 57.5 Å². The Morgan fingerprint density at radius 3 is 2.25 bits per heavy atom. The van der Waals surface area contributed by atoms with Gasteiger partial charge in [-0.2, -0.15) is 0 Å². The molecule has 0 unspecified atom stereocenters. The smallest absolute Gasteiger partial charge is 0.127 e. The first kappa shape index (κ1) is 18.9. The van der Waals surface area contributed by atoms with Crippen LogP contribution in [-0.2, 0) is 23.6 Å². The van der Waals surface area contributed by atoms with Crippen molar-refractivity contribution in [1.29, 1.82) is 0 Å². The Hall–Kier alpha value is -1.43. The van der Waals surface area contributed by atoms with E-state index in [0.29, 0.717) is 0 Å². The van der Waals surface area contributed by atoms with Crippen LogP contribution >= 0.6 is 22.6 Å². The van der Waals surface area contributed by atoms with E-state index >= 15 is 0 Å². The SMILES string of the molecule is Ic1c(C2=CC=C[CH]2)nnn1Cc1ccccc1.[CH]1C=CC=C1.[Fe]. The molecular formula is C19H16FeIN3. The summed E-state index contributed by atoms with van der Waals surface area (Å²) in [6, 6.07) is 10.3. The second-order valence-corrected chi connectivity index (χ2v) is 6.03. The Kier molecular flexibility index (Phi) is 7.69. The summed E-state index contributed by atoms with van der Waals surface area (Å²) in [5, 5.41) is 8.49. The van der Waals surface area contributed by atoms with Gasteiger partial charge in [0.25, 0.3) is 0 Å². The monoisotopic (exact) mass is 469 g/mol. The first-order valence-electron chi connectivity index (χ1n) is 7.36. The van der Waals surface area contributed by atoms with Crippen LogP contribution in [0.4, 0.5) is 0 Å². The molecule has 1 heterocycles. The third-order valence-corrected chi connectivity index (χ3v) is 4.41. The molecule has 122 valence electrons. The Morgan fingerprint density at radius 2 is 1.67 bits per heavy atom. The minimum absolute atomic E-state index is 0. The van der Waals surface area contributed by atoms with E-state index in [0.717, 1.165) is 21.5 Å². The van der Waals surface area contributed by atoms with Gasteiger partial charge in [-0.1, -0.05) is 78.1 Å². The molecule has 0 N–H and O–H groups in total. The maximum absolute atomic E-state index is 4.26. The summed E-state index contributed by atoms with van der Waals surface area (Å²) in [6.45, 7) is 0.757. The largest absolute Gasteiger partial charge is 0.234 e. The van der Waals surface area contributed by atoms with Crippen molar-refractivity contribution in [2.24, 2.45) is 0 Å². The van der Waals surface area contributed by atoms with Crippen LogP contribution in [-0.4, -0.2) is 15.0 Å². The van der Waals surface area contributed by atoms with Crippen molar-refractivity contribution in [2.45, 2.75) is 6.54 Å². The van der Waals surface area contributed by atoms with E-state index in [4.69, 9.17) is 0 Å². The molecule has 2 radical (unpaired) electrons. The third kappa shape index (κ3) is 5.03. The Balaban J connectivity index is 0.000000300. The average molecular weight is 469 g/mol. The second kappa shape index (κ2) is 9.77. The summed E-state index contributed by atoms with van der Waals surface area (Å²) in [5.74, 6) is 0. The van der Waals surface area contributed by atoms with Crippen LogP contribution in [0.25, 0.3) is 5.57 Å². The third-order valence-electron chi connectivity index (χ3n) is 3.34. The molecule has 24 heavy (non-hydrogen) atoms. The average Bonchev–Trinajstić information content (AvgIpc) is 3.33. The number of benzene rings is 1. The Morgan fingerprint density at radius 1 is 0.917 bits per heavy atom. The van der Waals surface area contributed by atoms with Gasteiger partial charge >= 0.3 is 0 Å². The molecule has 4 rings (SSSR count). The second-order valence-electron chi connectivity index (χ2n) is 5.01. The van der Waals surface area contributed by atoms with Crippen molar-refractivity contribution in [2.75, 3.05) is 0 Å². The zero-order valence-electron chi connectivity index (χ0n) is 12.9. The zero-order chi connectivity index (χ0) is 15.9. The summed E-state index contributed by atoms with van der Waals surface area (Å²) in [4.78, 5) is 0. The van der Waals surface area contributed by atoms with Gasteiger partial charge in [0.1, 0.15) is 9.39 Å². The van der Waals surface area contributed by atoms with Crippen LogP contribution in [0, 0.1) is 16.5 Å². The topological polar surface area (TPSA) is 30.7 Å². The van der Waals surface area contributed by atoms with Crippen molar-refractivity contribution in [3.05, 3.63) is 101 Å². The van der Waals surface area contributed by atoms with Crippen molar-refractivity contribution < 1.29 is 17.1 Å². The van der Waals surface area contributed by atoms with E-state index in [1.165, 1.54) is 5.56 Å². The maximum Gasteiger partial charge on any atom is 0.127 e. The molecule has 0 bridgehead atoms. The number of hydrogen-bond acceptors (Lipinski definition) is 2. The number of rotatable bonds is 3. The summed E-state index contributed by atoms with van der Waals surface area (Å²) < 4.78 is 3.00. The van der Waals surface area contributed by atoms with Crippen LogP contribution in [0.5, 0.6) is 0 Å². The molecule has 0 aliphatic heterocycles. The van der Waals surface area contributed by atoms with E-state index in [1.807, 2.05) is 65.8 Å². The van der Waals surface area contributed by atoms with E-state index in [1.54, 1.807) is 0 Å². The van der Waals surface area contributed by atoms with Crippen LogP contribution < -0.4 is 0 Å². The summed E-state index contributed by atoms with van der Waals surface area (Å²) in [5.41, 5.74) is 3.31. The van der Waals surface area contributed by atoms with Crippen molar-refractivity contribution in [3.8, 4) is 0 Å². The van der Waals surface area contributed by atoms with Gasteiger partial charge in [0.05, 0.1) is 6.54 Å². The molecule has 0 spiro atoms. The molecule has 0 saturated carbocycles. The molecule has 2 aliphatic rings. The first-order valence-corrected chi connectivity index (χ1v) is 8.44. The molecule has 2 aromatic rings. The fourth-order valence-corrected chi connectivity index (χ4v) is 2.87. The van der Waals surface area contributed by atoms with Gasteiger partial charge < -0.3 is 0 Å². The number of aromatic nitrogens is 3. The van der Waals surface area contributed by atoms with Gasteiger partial charge in [-0.05, 0) is 33.7 Å². The van der Waals surface area contributed by atoms with Gasteiger partial charge in [0, 0.05) is 29.9 Å². The Labute approximate surface area is 166 Å². The zero-order valence-corrected chi connectivity index (χ0v) is 16.1. The van der Waals surface area contributed by atoms with E-state index < -0.39 is 0 Å². The molecule has 2 aliphatic carbocycles. The molecule has 3 nitrogen and oxygen atoms in total. The fourth-order valence-electron chi connectivity index (χ4n) is 2.19. The quantitative estimate of drug-likeness (QED) is 0.493. The van der Waals surface area contributed by atoms with Gasteiger partial charge in [0.2, 0.25) is 0 Å². The Bertz CT molecular complexity index is 763. The first-order chi connectivity index (χ1) is 11.3. The normalized spacial score (nSPS) is 14.1. The standard InChI is InChI=1S/C14H11IN3.C5H5.Fe/c15-14-13(12-8-4-5-9-12)16-17-18(14)10-11-6-2-1-3-7-11;1-2-4-5-3-1;/h1-9H,10H2;1-5H;. The van der Waals surface area contributed by atoms with Gasteiger partial charge in [-0.15, -0.1) is 5.10 Å². The van der Waals surface area contributed by atoms with Gasteiger partial charge in [-0.25, -0.2) is 4.68 Å². The number of hydrogen-bond donors (Lipinski definition) is 0. The van der Waals surface area contributed by atoms with Gasteiger partial charge in [0.15, 0.2) is 0 Å². The van der Waals surface area contributed by atoms with Crippen molar-refractivity contribution in [3.63, 3.8) is 0 Å². The molecule has 5 heteroatoms. The molecule has 0 atom stereocenters. The molecule has 0 saturated heterocycles. The molecular weight excluding hydrogens is 453 g/mol. The molecule has 0 amide bonds. The number of allylic oxidation sites excluding steroid dienone is 8. The molecule has 0 fully saturated rings. The van der Waals surface area contributed by atoms with Crippen LogP contribution in [0.1, 0.15) is 11.3 Å². The van der Waals surface area contributed by atoms with Crippen LogP contribution in [0.3, 0.4) is 0 Å². The minimum Gasteiger partial charge on any atom is -0.234 e. The minimum atomic E-state index is 0. The van der Waals surface area contributed by atoms with E-state index in [9.17, 15) is 0 Å². The number of halogens is 1. The summed E-state index contributed by atoms with van der Waals surface area (Å²) in [7, 11) is 0. The predicted molar refractivity (Wildman–Crippen MR) is 102 cm³/mol. The van der Waals surface area contributed by atoms with Gasteiger partial charge in [-0.3, -0.25) is 0 Å². The fraction of sp³-hybridized carbons (Fsp3) is 0.0526. The molecule has 1 aromatic carbocycles. The van der Waals surface area contributed by atoms with Crippen LogP contribution in [0.2, 0.25) is 0 Å². The van der Waals surface area contributed by atoms with Crippen LogP contribution in [0.15, 0.2) is 72.9 Å². The van der Waals surface area contributed by atoms with E-state index in [-0.39, 0.29) is 17.1 Å². The molecule has 1 aromatic heterocycles. The van der Waals surface area contributed by atoms with Crippen molar-refractivity contribution in [1.82, 2.24) is 15.0 Å². The predicted octanol–water partition coefficient (Wildman–Crippen LogP) is 4.40.